The Morgan fingerprint density at radius 2 is 2.00 bits per heavy atom. The number of alkyl carbamates (subject to hydrolysis) is 1. The minimum absolute atomic E-state index is 0.0376. The molecule has 2 amide bonds. The van der Waals surface area contributed by atoms with Crippen LogP contribution in [0.15, 0.2) is 24.3 Å². The van der Waals surface area contributed by atoms with Crippen LogP contribution in [0.25, 0.3) is 0 Å². The minimum Gasteiger partial charge on any atom is -0.493 e. The lowest BCUT2D eigenvalue weighted by Gasteiger charge is -2.33. The Morgan fingerprint density at radius 3 is 2.72 bits per heavy atom. The van der Waals surface area contributed by atoms with Gasteiger partial charge in [-0.3, -0.25) is 14.7 Å². The largest absolute Gasteiger partial charge is 0.493 e. The number of carbonyl (C=O) groups excluding carboxylic acids is 3. The number of hydrogen-bond acceptors (Lipinski definition) is 7. The molecule has 2 fully saturated rings. The smallest absolute Gasteiger partial charge is 0.407 e. The highest BCUT2D eigenvalue weighted by molar-refractivity contribution is 5.92. The Bertz CT molecular complexity index is 1130. The number of H-pyrrole nitrogens is 1. The first-order valence-corrected chi connectivity index (χ1v) is 14.2. The van der Waals surface area contributed by atoms with Crippen LogP contribution < -0.4 is 20.3 Å². The van der Waals surface area contributed by atoms with Crippen LogP contribution in [0.1, 0.15) is 87.7 Å². The number of carbonyl (C=O) groups is 3. The van der Waals surface area contributed by atoms with Crippen molar-refractivity contribution in [1.82, 2.24) is 15.5 Å². The molecular formula is C29H41N5O5. The molecule has 0 spiro atoms. The Balaban J connectivity index is 1.27. The summed E-state index contributed by atoms with van der Waals surface area (Å²) in [6.45, 7) is 7.84. The van der Waals surface area contributed by atoms with E-state index in [1.54, 1.807) is 0 Å². The van der Waals surface area contributed by atoms with Gasteiger partial charge in [0.05, 0.1) is 17.9 Å². The van der Waals surface area contributed by atoms with E-state index < -0.39 is 0 Å². The third-order valence-electron chi connectivity index (χ3n) is 7.48. The summed E-state index contributed by atoms with van der Waals surface area (Å²) >= 11 is 0. The first-order valence-electron chi connectivity index (χ1n) is 14.2. The maximum absolute atomic E-state index is 13.0. The second-order valence-electron chi connectivity index (χ2n) is 10.8. The zero-order chi connectivity index (χ0) is 27.8. The van der Waals surface area contributed by atoms with Gasteiger partial charge in [-0.25, -0.2) is 4.79 Å². The van der Waals surface area contributed by atoms with Gasteiger partial charge in [0.25, 0.3) is 0 Å². The van der Waals surface area contributed by atoms with Gasteiger partial charge >= 0.3 is 6.09 Å². The van der Waals surface area contributed by atoms with E-state index in [0.29, 0.717) is 49.7 Å². The molecule has 1 aromatic heterocycles. The van der Waals surface area contributed by atoms with Crippen LogP contribution >= 0.6 is 0 Å². The second kappa shape index (κ2) is 13.5. The van der Waals surface area contributed by atoms with Crippen LogP contribution in [0, 0.1) is 5.92 Å². The summed E-state index contributed by atoms with van der Waals surface area (Å²) in [5, 5.41) is 13.1. The topological polar surface area (TPSA) is 126 Å². The van der Waals surface area contributed by atoms with E-state index in [-0.39, 0.29) is 36.0 Å². The van der Waals surface area contributed by atoms with Crippen molar-refractivity contribution in [3.63, 3.8) is 0 Å². The SMILES string of the molecule is CCCCOc1cccc(N2CCC(C(=O)Nc3cc([C@H]4CC[C@@H](OC(=O)NC(C)C)C4)[nH]n3)CC2)c1C=O. The average Bonchev–Trinajstić information content (AvgIpc) is 3.58. The molecule has 10 nitrogen and oxygen atoms in total. The number of piperidine rings is 1. The van der Waals surface area contributed by atoms with Crippen LogP contribution in [-0.2, 0) is 9.53 Å². The fraction of sp³-hybridized carbons (Fsp3) is 0.586. The lowest BCUT2D eigenvalue weighted by atomic mass is 9.95. The monoisotopic (exact) mass is 539 g/mol. The summed E-state index contributed by atoms with van der Waals surface area (Å²) in [7, 11) is 0. The van der Waals surface area contributed by atoms with Crippen LogP contribution in [0.5, 0.6) is 5.75 Å². The lowest BCUT2D eigenvalue weighted by molar-refractivity contribution is -0.120. The number of aldehydes is 1. The van der Waals surface area contributed by atoms with Crippen molar-refractivity contribution in [2.45, 2.75) is 83.8 Å². The van der Waals surface area contributed by atoms with Gasteiger partial charge < -0.3 is 25.0 Å². The molecule has 0 unspecified atom stereocenters. The molecular weight excluding hydrogens is 498 g/mol. The van der Waals surface area contributed by atoms with Gasteiger partial charge in [0.1, 0.15) is 11.9 Å². The minimum atomic E-state index is -0.380. The Kier molecular flexibility index (Phi) is 9.84. The summed E-state index contributed by atoms with van der Waals surface area (Å²) < 4.78 is 11.4. The van der Waals surface area contributed by atoms with Gasteiger partial charge in [0.2, 0.25) is 5.91 Å². The van der Waals surface area contributed by atoms with Gasteiger partial charge in [-0.2, -0.15) is 5.10 Å². The third kappa shape index (κ3) is 7.52. The highest BCUT2D eigenvalue weighted by Gasteiger charge is 2.31. The summed E-state index contributed by atoms with van der Waals surface area (Å²) in [6.07, 6.45) is 6.11. The summed E-state index contributed by atoms with van der Waals surface area (Å²) in [6, 6.07) is 7.61. The van der Waals surface area contributed by atoms with Crippen molar-refractivity contribution < 1.29 is 23.9 Å². The lowest BCUT2D eigenvalue weighted by Crippen LogP contribution is -2.38. The summed E-state index contributed by atoms with van der Waals surface area (Å²) in [4.78, 5) is 39.0. The third-order valence-corrected chi connectivity index (χ3v) is 7.48. The number of amides is 2. The summed E-state index contributed by atoms with van der Waals surface area (Å²) in [5.41, 5.74) is 2.37. The van der Waals surface area contributed by atoms with E-state index >= 15 is 0 Å². The van der Waals surface area contributed by atoms with Crippen molar-refractivity contribution in [1.29, 1.82) is 0 Å². The number of nitrogens with zero attached hydrogens (tertiary/aromatic N) is 2. The zero-order valence-electron chi connectivity index (χ0n) is 23.2. The molecule has 2 aliphatic rings. The van der Waals surface area contributed by atoms with E-state index in [2.05, 4.69) is 32.7 Å². The van der Waals surface area contributed by atoms with Crippen LogP contribution in [-0.4, -0.2) is 60.3 Å². The first kappa shape index (κ1) is 28.4. The Labute approximate surface area is 230 Å². The molecule has 2 heterocycles. The number of aromatic nitrogens is 2. The van der Waals surface area contributed by atoms with Crippen LogP contribution in [0.2, 0.25) is 0 Å². The maximum Gasteiger partial charge on any atom is 0.407 e. The number of hydrogen-bond donors (Lipinski definition) is 3. The van der Waals surface area contributed by atoms with Gasteiger partial charge in [-0.1, -0.05) is 19.4 Å². The molecule has 1 aromatic carbocycles. The van der Waals surface area contributed by atoms with Gasteiger partial charge in [-0.05, 0) is 64.5 Å². The van der Waals surface area contributed by atoms with E-state index in [4.69, 9.17) is 9.47 Å². The first-order chi connectivity index (χ1) is 18.9. The van der Waals surface area contributed by atoms with Gasteiger partial charge in [0.15, 0.2) is 12.1 Å². The van der Waals surface area contributed by atoms with Crippen molar-refractivity contribution in [2.24, 2.45) is 5.92 Å². The van der Waals surface area contributed by atoms with Gasteiger partial charge in [-0.15, -0.1) is 0 Å². The van der Waals surface area contributed by atoms with Crippen LogP contribution in [0.4, 0.5) is 16.3 Å². The molecule has 212 valence electrons. The quantitative estimate of drug-likeness (QED) is 0.270. The standard InChI is InChI=1S/C29H41N5O5/c1-4-5-15-38-26-8-6-7-25(23(26)18-35)34-13-11-20(12-14-34)28(36)31-27-17-24(32-33-27)21-9-10-22(16-21)39-29(37)30-19(2)3/h6-8,17-22H,4-5,9-16H2,1-3H3,(H,30,37)(H2,31,32,33,36)/t21-,22+/m0/s1. The molecule has 2 atom stereocenters. The van der Waals surface area contributed by atoms with E-state index in [0.717, 1.165) is 49.8 Å². The number of rotatable bonds is 11. The maximum atomic E-state index is 13.0. The number of nitrogens with one attached hydrogen (secondary N) is 3. The van der Waals surface area contributed by atoms with Crippen LogP contribution in [0.3, 0.4) is 0 Å². The number of unbranched alkanes of at least 4 members (excludes halogenated alkanes) is 1. The zero-order valence-corrected chi connectivity index (χ0v) is 23.2. The molecule has 1 saturated carbocycles. The second-order valence-corrected chi connectivity index (χ2v) is 10.8. The molecule has 39 heavy (non-hydrogen) atoms. The molecule has 2 aromatic rings. The predicted octanol–water partition coefficient (Wildman–Crippen LogP) is 5.03. The van der Waals surface area contributed by atoms with E-state index in [1.165, 1.54) is 0 Å². The average molecular weight is 540 g/mol. The normalized spacial score (nSPS) is 19.6. The van der Waals surface area contributed by atoms with Crippen molar-refractivity contribution in [2.75, 3.05) is 29.9 Å². The Hall–Kier alpha value is -3.56. The van der Waals surface area contributed by atoms with Crippen molar-refractivity contribution in [3.8, 4) is 5.75 Å². The number of aromatic amines is 1. The highest BCUT2D eigenvalue weighted by atomic mass is 16.6. The van der Waals surface area contributed by atoms with E-state index in [1.807, 2.05) is 38.1 Å². The number of benzene rings is 1. The van der Waals surface area contributed by atoms with Crippen molar-refractivity contribution >= 4 is 29.8 Å². The molecule has 3 N–H and O–H groups in total. The van der Waals surface area contributed by atoms with E-state index in [9.17, 15) is 14.4 Å². The molecule has 0 bridgehead atoms. The Morgan fingerprint density at radius 1 is 1.21 bits per heavy atom. The molecule has 0 radical (unpaired) electrons. The molecule has 10 heteroatoms. The molecule has 4 rings (SSSR count). The highest BCUT2D eigenvalue weighted by Crippen LogP contribution is 2.36. The molecule has 1 aliphatic carbocycles. The molecule has 1 saturated heterocycles. The summed E-state index contributed by atoms with van der Waals surface area (Å²) in [5.74, 6) is 1.16. The fourth-order valence-electron chi connectivity index (χ4n) is 5.35. The number of anilines is 2. The van der Waals surface area contributed by atoms with Gasteiger partial charge in [0, 0.05) is 42.7 Å². The molecule has 1 aliphatic heterocycles. The fourth-order valence-corrected chi connectivity index (χ4v) is 5.35. The number of ether oxygens (including phenoxy) is 2. The predicted molar refractivity (Wildman–Crippen MR) is 150 cm³/mol. The van der Waals surface area contributed by atoms with Crippen molar-refractivity contribution in [3.05, 3.63) is 35.5 Å².